The van der Waals surface area contributed by atoms with E-state index in [2.05, 4.69) is 27.4 Å². The molecule has 2 atom stereocenters. The highest BCUT2D eigenvalue weighted by Gasteiger charge is 2.23. The number of hydrogen-bond donors (Lipinski definition) is 2. The molecule has 140 valence electrons. The van der Waals surface area contributed by atoms with Crippen LogP contribution in [0.1, 0.15) is 32.6 Å². The molecule has 0 unspecified atom stereocenters. The lowest BCUT2D eigenvalue weighted by atomic mass is 9.86. The van der Waals surface area contributed by atoms with E-state index >= 15 is 0 Å². The van der Waals surface area contributed by atoms with E-state index in [0.29, 0.717) is 33.4 Å². The molecule has 6 nitrogen and oxygen atoms in total. The topological polar surface area (TPSA) is 79.9 Å². The summed E-state index contributed by atoms with van der Waals surface area (Å²) in [5.74, 6) is 2.09. The molecule has 0 spiro atoms. The third-order valence-electron chi connectivity index (χ3n) is 4.67. The highest BCUT2D eigenvalue weighted by molar-refractivity contribution is 7.99. The van der Waals surface area contributed by atoms with Crippen LogP contribution in [0.25, 0.3) is 11.4 Å². The molecule has 0 bridgehead atoms. The highest BCUT2D eigenvalue weighted by Crippen LogP contribution is 2.31. The highest BCUT2D eigenvalue weighted by atomic mass is 35.5. The lowest BCUT2D eigenvalue weighted by molar-refractivity contribution is -0.119. The Morgan fingerprint density at radius 1 is 1.42 bits per heavy atom. The molecule has 1 aliphatic carbocycles. The van der Waals surface area contributed by atoms with Crippen LogP contribution in [-0.2, 0) is 4.79 Å². The Balaban J connectivity index is 1.59. The van der Waals surface area contributed by atoms with Crippen LogP contribution in [0.5, 0.6) is 5.75 Å². The van der Waals surface area contributed by atoms with E-state index in [1.54, 1.807) is 25.3 Å². The van der Waals surface area contributed by atoms with E-state index in [9.17, 15) is 4.79 Å². The minimum atomic E-state index is 0.0282. The van der Waals surface area contributed by atoms with Crippen molar-refractivity contribution in [1.29, 1.82) is 0 Å². The van der Waals surface area contributed by atoms with Gasteiger partial charge < -0.3 is 10.1 Å². The van der Waals surface area contributed by atoms with Gasteiger partial charge in [0, 0.05) is 11.1 Å². The first-order valence-electron chi connectivity index (χ1n) is 8.75. The number of carbonyl (C=O) groups excluding carboxylic acids is 1. The normalized spacial score (nSPS) is 20.0. The molecular formula is C18H23ClN4O2S. The summed E-state index contributed by atoms with van der Waals surface area (Å²) in [5.41, 5.74) is 0.736. The smallest absolute Gasteiger partial charge is 0.230 e. The van der Waals surface area contributed by atoms with Gasteiger partial charge in [0.1, 0.15) is 5.75 Å². The van der Waals surface area contributed by atoms with Gasteiger partial charge in [-0.05, 0) is 37.0 Å². The second-order valence-corrected chi connectivity index (χ2v) is 7.91. The van der Waals surface area contributed by atoms with Crippen molar-refractivity contribution in [2.75, 3.05) is 12.9 Å². The van der Waals surface area contributed by atoms with Gasteiger partial charge in [0.15, 0.2) is 5.82 Å². The fourth-order valence-electron chi connectivity index (χ4n) is 3.21. The van der Waals surface area contributed by atoms with Crippen molar-refractivity contribution in [2.24, 2.45) is 5.92 Å². The molecule has 1 aliphatic rings. The van der Waals surface area contributed by atoms with Crippen LogP contribution in [0.2, 0.25) is 5.02 Å². The lowest BCUT2D eigenvalue weighted by Gasteiger charge is -2.29. The van der Waals surface area contributed by atoms with Gasteiger partial charge in [0.2, 0.25) is 11.1 Å². The number of rotatable bonds is 6. The van der Waals surface area contributed by atoms with Crippen molar-refractivity contribution in [2.45, 2.75) is 43.8 Å². The fourth-order valence-corrected chi connectivity index (χ4v) is 3.99. The Kier molecular flexibility index (Phi) is 6.43. The Morgan fingerprint density at radius 2 is 2.23 bits per heavy atom. The maximum atomic E-state index is 12.2. The van der Waals surface area contributed by atoms with Gasteiger partial charge in [0.05, 0.1) is 18.4 Å². The Hall–Kier alpha value is -1.73. The molecule has 1 aromatic carbocycles. The summed E-state index contributed by atoms with van der Waals surface area (Å²) in [7, 11) is 1.59. The Bertz CT molecular complexity index is 767. The molecule has 2 aromatic rings. The fraction of sp³-hybridized carbons (Fsp3) is 0.500. The number of ether oxygens (including phenoxy) is 1. The number of benzene rings is 1. The van der Waals surface area contributed by atoms with E-state index in [4.69, 9.17) is 16.3 Å². The summed E-state index contributed by atoms with van der Waals surface area (Å²) in [6.45, 7) is 2.21. The average Bonchev–Trinajstić information content (AvgIpc) is 3.11. The van der Waals surface area contributed by atoms with Crippen molar-refractivity contribution < 1.29 is 9.53 Å². The zero-order valence-electron chi connectivity index (χ0n) is 14.9. The number of carbonyl (C=O) groups is 1. The number of methoxy groups -OCH3 is 1. The third kappa shape index (κ3) is 4.71. The van der Waals surface area contributed by atoms with Crippen LogP contribution in [0.3, 0.4) is 0 Å². The molecule has 0 aliphatic heterocycles. The van der Waals surface area contributed by atoms with Crippen LogP contribution >= 0.6 is 23.4 Å². The summed E-state index contributed by atoms with van der Waals surface area (Å²) in [6, 6.07) is 5.60. The average molecular weight is 395 g/mol. The van der Waals surface area contributed by atoms with Crippen LogP contribution in [-0.4, -0.2) is 40.0 Å². The molecule has 2 N–H and O–H groups in total. The van der Waals surface area contributed by atoms with Gasteiger partial charge in [-0.1, -0.05) is 43.1 Å². The minimum absolute atomic E-state index is 0.0282. The van der Waals surface area contributed by atoms with Crippen LogP contribution in [0.15, 0.2) is 23.4 Å². The predicted molar refractivity (Wildman–Crippen MR) is 104 cm³/mol. The summed E-state index contributed by atoms with van der Waals surface area (Å²) in [6.07, 6.45) is 4.70. The number of nitrogens with one attached hydrogen (secondary N) is 2. The van der Waals surface area contributed by atoms with Gasteiger partial charge >= 0.3 is 0 Å². The van der Waals surface area contributed by atoms with E-state index < -0.39 is 0 Å². The molecule has 0 saturated heterocycles. The van der Waals surface area contributed by atoms with Crippen molar-refractivity contribution >= 4 is 29.3 Å². The number of nitrogens with zero attached hydrogens (tertiary/aromatic N) is 2. The zero-order valence-corrected chi connectivity index (χ0v) is 16.5. The number of thioether (sulfide) groups is 1. The molecule has 8 heteroatoms. The van der Waals surface area contributed by atoms with Crippen molar-refractivity contribution in [3.8, 4) is 17.1 Å². The number of H-pyrrole nitrogens is 1. The van der Waals surface area contributed by atoms with Crippen molar-refractivity contribution in [3.63, 3.8) is 0 Å². The Labute approximate surface area is 162 Å². The molecule has 1 aromatic heterocycles. The lowest BCUT2D eigenvalue weighted by Crippen LogP contribution is -2.41. The Morgan fingerprint density at radius 3 is 3.00 bits per heavy atom. The maximum absolute atomic E-state index is 12.2. The number of aromatic nitrogens is 3. The molecule has 26 heavy (non-hydrogen) atoms. The largest absolute Gasteiger partial charge is 0.496 e. The van der Waals surface area contributed by atoms with Gasteiger partial charge in [-0.15, -0.1) is 5.10 Å². The first-order chi connectivity index (χ1) is 12.6. The van der Waals surface area contributed by atoms with E-state index in [-0.39, 0.29) is 11.9 Å². The summed E-state index contributed by atoms with van der Waals surface area (Å²) >= 11 is 7.37. The number of aromatic amines is 1. The van der Waals surface area contributed by atoms with Gasteiger partial charge in [0.25, 0.3) is 0 Å². The molecule has 0 radical (unpaired) electrons. The quantitative estimate of drug-likeness (QED) is 0.726. The molecule has 1 amide bonds. The van der Waals surface area contributed by atoms with Crippen LogP contribution in [0.4, 0.5) is 0 Å². The van der Waals surface area contributed by atoms with Crippen LogP contribution in [0, 0.1) is 5.92 Å². The standard InChI is InChI=1S/C18H23ClN4O2S/c1-11-5-3-4-6-14(11)20-16(24)10-26-18-21-17(22-23-18)13-9-12(19)7-8-15(13)25-2/h7-9,11,14H,3-6,10H2,1-2H3,(H,20,24)(H,21,22,23)/t11-,14+/m1/s1. The van der Waals surface area contributed by atoms with Crippen LogP contribution < -0.4 is 10.1 Å². The maximum Gasteiger partial charge on any atom is 0.230 e. The second kappa shape index (κ2) is 8.77. The summed E-state index contributed by atoms with van der Waals surface area (Å²) in [5, 5.41) is 11.3. The molecule has 1 heterocycles. The third-order valence-corrected chi connectivity index (χ3v) is 5.75. The van der Waals surface area contributed by atoms with E-state index in [1.165, 1.54) is 31.0 Å². The summed E-state index contributed by atoms with van der Waals surface area (Å²) < 4.78 is 5.34. The van der Waals surface area contributed by atoms with Crippen molar-refractivity contribution in [1.82, 2.24) is 20.5 Å². The first kappa shape index (κ1) is 19.0. The van der Waals surface area contributed by atoms with E-state index in [1.807, 2.05) is 0 Å². The van der Waals surface area contributed by atoms with Gasteiger partial charge in [-0.3, -0.25) is 9.89 Å². The molecule has 1 fully saturated rings. The van der Waals surface area contributed by atoms with Gasteiger partial charge in [-0.25, -0.2) is 4.98 Å². The number of halogens is 1. The number of amides is 1. The number of hydrogen-bond acceptors (Lipinski definition) is 5. The SMILES string of the molecule is COc1ccc(Cl)cc1-c1nc(SCC(=O)N[C@H]2CCCC[C@H]2C)n[nH]1. The monoisotopic (exact) mass is 394 g/mol. The molecule has 3 rings (SSSR count). The first-order valence-corrected chi connectivity index (χ1v) is 10.1. The zero-order chi connectivity index (χ0) is 18.5. The predicted octanol–water partition coefficient (Wildman–Crippen LogP) is 3.92. The molecular weight excluding hydrogens is 372 g/mol. The van der Waals surface area contributed by atoms with E-state index in [0.717, 1.165) is 12.0 Å². The summed E-state index contributed by atoms with van der Waals surface area (Å²) in [4.78, 5) is 16.7. The second-order valence-electron chi connectivity index (χ2n) is 6.54. The molecule has 1 saturated carbocycles. The minimum Gasteiger partial charge on any atom is -0.496 e. The van der Waals surface area contributed by atoms with Gasteiger partial charge in [-0.2, -0.15) is 0 Å². The van der Waals surface area contributed by atoms with Crippen molar-refractivity contribution in [3.05, 3.63) is 23.2 Å².